The van der Waals surface area contributed by atoms with Crippen molar-refractivity contribution in [3.05, 3.63) is 30.1 Å². The van der Waals surface area contributed by atoms with Crippen molar-refractivity contribution < 1.29 is 18.7 Å². The molecule has 2 aromatic rings. The molecule has 25 heavy (non-hydrogen) atoms. The van der Waals surface area contributed by atoms with E-state index in [1.165, 1.54) is 14.0 Å². The average Bonchev–Trinajstić information content (AvgIpc) is 3.18. The van der Waals surface area contributed by atoms with Gasteiger partial charge in [-0.2, -0.15) is 0 Å². The number of fused-ring (bicyclic) bond motifs is 1. The van der Waals surface area contributed by atoms with Crippen molar-refractivity contribution in [2.45, 2.75) is 31.7 Å². The Morgan fingerprint density at radius 1 is 1.44 bits per heavy atom. The van der Waals surface area contributed by atoms with Crippen LogP contribution in [0.5, 0.6) is 0 Å². The minimum absolute atomic E-state index is 0.202. The zero-order valence-electron chi connectivity index (χ0n) is 14.2. The minimum atomic E-state index is -1.21. The van der Waals surface area contributed by atoms with E-state index in [9.17, 15) is 14.0 Å². The molecule has 0 aromatic carbocycles. The molecule has 1 saturated heterocycles. The third-order valence-electron chi connectivity index (χ3n) is 4.30. The number of ether oxygens (including phenoxy) is 1. The summed E-state index contributed by atoms with van der Waals surface area (Å²) in [6, 6.07) is 5.02. The summed E-state index contributed by atoms with van der Waals surface area (Å²) in [5, 5.41) is 3.68. The van der Waals surface area contributed by atoms with E-state index in [-0.39, 0.29) is 30.4 Å². The van der Waals surface area contributed by atoms with Crippen LogP contribution in [-0.4, -0.2) is 65.2 Å². The number of carbonyl (C=O) groups excluding carboxylic acids is 2. The van der Waals surface area contributed by atoms with Gasteiger partial charge >= 0.3 is 0 Å². The largest absolute Gasteiger partial charge is 0.377 e. The van der Waals surface area contributed by atoms with E-state index in [0.717, 1.165) is 5.39 Å². The molecule has 0 saturated carbocycles. The molecule has 134 valence electrons. The lowest BCUT2D eigenvalue weighted by atomic mass is 10.2. The normalized spacial score (nSPS) is 21.5. The van der Waals surface area contributed by atoms with Crippen molar-refractivity contribution >= 4 is 22.8 Å². The first kappa shape index (κ1) is 17.3. The highest BCUT2D eigenvalue weighted by Gasteiger charge is 2.37. The molecule has 3 atom stereocenters. The smallest absolute Gasteiger partial charge is 0.272 e. The van der Waals surface area contributed by atoms with Crippen LogP contribution in [0.15, 0.2) is 24.4 Å². The predicted octanol–water partition coefficient (Wildman–Crippen LogP) is 1.27. The van der Waals surface area contributed by atoms with Gasteiger partial charge in [-0.3, -0.25) is 9.59 Å². The topological polar surface area (TPSA) is 87.3 Å². The SMILES string of the molecule is CO[C@@H]1CN(C(=O)c2ccc3cc[nH]c3n2)C[C@H]1NC(=O)CC(C)F. The number of likely N-dealkylation sites (tertiary alicyclic amines) is 1. The van der Waals surface area contributed by atoms with E-state index in [1.807, 2.05) is 12.1 Å². The summed E-state index contributed by atoms with van der Waals surface area (Å²) in [6.45, 7) is 1.98. The molecular formula is C17H21FN4O3. The molecule has 1 aliphatic heterocycles. The number of carbonyl (C=O) groups is 2. The van der Waals surface area contributed by atoms with Gasteiger partial charge < -0.3 is 19.9 Å². The molecule has 3 heterocycles. The Morgan fingerprint density at radius 2 is 2.24 bits per heavy atom. The Balaban J connectivity index is 1.70. The summed E-state index contributed by atoms with van der Waals surface area (Å²) in [5.41, 5.74) is 0.976. The first-order valence-electron chi connectivity index (χ1n) is 8.17. The van der Waals surface area contributed by atoms with E-state index in [0.29, 0.717) is 24.4 Å². The molecule has 1 unspecified atom stereocenters. The lowest BCUT2D eigenvalue weighted by molar-refractivity contribution is -0.123. The van der Waals surface area contributed by atoms with Crippen LogP contribution in [0.25, 0.3) is 11.0 Å². The number of hydrogen-bond acceptors (Lipinski definition) is 4. The van der Waals surface area contributed by atoms with Gasteiger partial charge in [0.1, 0.15) is 17.5 Å². The third kappa shape index (κ3) is 3.79. The van der Waals surface area contributed by atoms with Crippen LogP contribution < -0.4 is 5.32 Å². The second kappa shape index (κ2) is 7.18. The van der Waals surface area contributed by atoms with E-state index in [4.69, 9.17) is 4.74 Å². The predicted molar refractivity (Wildman–Crippen MR) is 89.9 cm³/mol. The zero-order chi connectivity index (χ0) is 18.0. The minimum Gasteiger partial charge on any atom is -0.377 e. The van der Waals surface area contributed by atoms with Crippen molar-refractivity contribution in [1.82, 2.24) is 20.2 Å². The average molecular weight is 348 g/mol. The summed E-state index contributed by atoms with van der Waals surface area (Å²) in [7, 11) is 1.53. The number of pyridine rings is 1. The molecule has 3 rings (SSSR count). The molecular weight excluding hydrogens is 327 g/mol. The highest BCUT2D eigenvalue weighted by Crippen LogP contribution is 2.18. The van der Waals surface area contributed by atoms with Crippen molar-refractivity contribution in [1.29, 1.82) is 0 Å². The van der Waals surface area contributed by atoms with Gasteiger partial charge in [-0.15, -0.1) is 0 Å². The lowest BCUT2D eigenvalue weighted by Gasteiger charge is -2.18. The fourth-order valence-corrected chi connectivity index (χ4v) is 3.05. The fraction of sp³-hybridized carbons (Fsp3) is 0.471. The first-order valence-corrected chi connectivity index (χ1v) is 8.17. The van der Waals surface area contributed by atoms with Gasteiger partial charge in [-0.05, 0) is 25.1 Å². The Bertz CT molecular complexity index is 776. The van der Waals surface area contributed by atoms with E-state index < -0.39 is 6.17 Å². The van der Waals surface area contributed by atoms with Crippen LogP contribution >= 0.6 is 0 Å². The molecule has 0 spiro atoms. The highest BCUT2D eigenvalue weighted by atomic mass is 19.1. The van der Waals surface area contributed by atoms with Crippen LogP contribution in [0.3, 0.4) is 0 Å². The second-order valence-corrected chi connectivity index (χ2v) is 6.26. The number of hydrogen-bond donors (Lipinski definition) is 2. The number of amides is 2. The van der Waals surface area contributed by atoms with Gasteiger partial charge in [0, 0.05) is 31.8 Å². The quantitative estimate of drug-likeness (QED) is 0.852. The molecule has 2 aromatic heterocycles. The number of aromatic nitrogens is 2. The monoisotopic (exact) mass is 348 g/mol. The van der Waals surface area contributed by atoms with E-state index >= 15 is 0 Å². The number of halogens is 1. The Morgan fingerprint density at radius 3 is 2.96 bits per heavy atom. The van der Waals surface area contributed by atoms with Crippen LogP contribution in [0, 0.1) is 0 Å². The molecule has 1 fully saturated rings. The van der Waals surface area contributed by atoms with Crippen molar-refractivity contribution in [2.75, 3.05) is 20.2 Å². The van der Waals surface area contributed by atoms with E-state index in [2.05, 4.69) is 15.3 Å². The van der Waals surface area contributed by atoms with Gasteiger partial charge in [0.2, 0.25) is 5.91 Å². The molecule has 7 nitrogen and oxygen atoms in total. The number of aromatic amines is 1. The zero-order valence-corrected chi connectivity index (χ0v) is 14.2. The molecule has 0 aliphatic carbocycles. The highest BCUT2D eigenvalue weighted by molar-refractivity contribution is 5.94. The fourth-order valence-electron chi connectivity index (χ4n) is 3.05. The maximum atomic E-state index is 13.0. The molecule has 2 amide bonds. The molecule has 0 radical (unpaired) electrons. The molecule has 1 aliphatic rings. The Labute approximate surface area is 144 Å². The first-order chi connectivity index (χ1) is 12.0. The summed E-state index contributed by atoms with van der Waals surface area (Å²) < 4.78 is 18.3. The van der Waals surface area contributed by atoms with Gasteiger partial charge in [-0.1, -0.05) is 0 Å². The van der Waals surface area contributed by atoms with Gasteiger partial charge in [0.15, 0.2) is 0 Å². The van der Waals surface area contributed by atoms with E-state index in [1.54, 1.807) is 17.2 Å². The van der Waals surface area contributed by atoms with Crippen LogP contribution in [-0.2, 0) is 9.53 Å². The summed E-state index contributed by atoms with van der Waals surface area (Å²) in [5.74, 6) is -0.614. The van der Waals surface area contributed by atoms with Crippen LogP contribution in [0.2, 0.25) is 0 Å². The third-order valence-corrected chi connectivity index (χ3v) is 4.30. The van der Waals surface area contributed by atoms with Gasteiger partial charge in [-0.25, -0.2) is 9.37 Å². The number of rotatable bonds is 5. The number of nitrogens with zero attached hydrogens (tertiary/aromatic N) is 2. The molecule has 0 bridgehead atoms. The summed E-state index contributed by atoms with van der Waals surface area (Å²) in [4.78, 5) is 33.4. The number of methoxy groups -OCH3 is 1. The number of alkyl halides is 1. The molecule has 8 heteroatoms. The number of nitrogens with one attached hydrogen (secondary N) is 2. The van der Waals surface area contributed by atoms with Gasteiger partial charge in [0.25, 0.3) is 5.91 Å². The number of H-pyrrole nitrogens is 1. The van der Waals surface area contributed by atoms with Crippen LogP contribution in [0.4, 0.5) is 4.39 Å². The molecule has 2 N–H and O–H groups in total. The van der Waals surface area contributed by atoms with Gasteiger partial charge in [0.05, 0.1) is 18.6 Å². The Kier molecular flexibility index (Phi) is 4.98. The Hall–Kier alpha value is -2.48. The van der Waals surface area contributed by atoms with Crippen molar-refractivity contribution in [2.24, 2.45) is 0 Å². The standard InChI is InChI=1S/C17H21FN4O3/c1-10(18)7-15(23)20-13-8-22(9-14(13)25-2)17(24)12-4-3-11-5-6-19-16(11)21-12/h3-6,10,13-14H,7-9H2,1-2H3,(H,19,21)(H,20,23)/t10?,13-,14-/m1/s1. The lowest BCUT2D eigenvalue weighted by Crippen LogP contribution is -2.44. The maximum absolute atomic E-state index is 13.0. The van der Waals surface area contributed by atoms with Crippen molar-refractivity contribution in [3.63, 3.8) is 0 Å². The summed E-state index contributed by atoms with van der Waals surface area (Å²) in [6.07, 6.45) is 0.0143. The maximum Gasteiger partial charge on any atom is 0.272 e. The second-order valence-electron chi connectivity index (χ2n) is 6.26. The van der Waals surface area contributed by atoms with Crippen molar-refractivity contribution in [3.8, 4) is 0 Å². The summed E-state index contributed by atoms with van der Waals surface area (Å²) >= 11 is 0. The van der Waals surface area contributed by atoms with Crippen LogP contribution in [0.1, 0.15) is 23.8 Å².